The Hall–Kier alpha value is -0.570. The van der Waals surface area contributed by atoms with Gasteiger partial charge in [-0.15, -0.1) is 0 Å². The molecule has 0 aromatic carbocycles. The van der Waals surface area contributed by atoms with Gasteiger partial charge in [0, 0.05) is 0 Å². The quantitative estimate of drug-likeness (QED) is 0.621. The summed E-state index contributed by atoms with van der Waals surface area (Å²) in [7, 11) is 0. The minimum Gasteiger partial charge on any atom is -0.465 e. The van der Waals surface area contributed by atoms with E-state index in [9.17, 15) is 4.79 Å². The molecule has 0 radical (unpaired) electrons. The van der Waals surface area contributed by atoms with E-state index in [1.807, 2.05) is 6.92 Å². The third kappa shape index (κ3) is 1.26. The van der Waals surface area contributed by atoms with Crippen LogP contribution in [0.1, 0.15) is 26.2 Å². The Morgan fingerprint density at radius 3 is 2.54 bits per heavy atom. The zero-order chi connectivity index (χ0) is 9.31. The summed E-state index contributed by atoms with van der Waals surface area (Å²) < 4.78 is 10.2. The Labute approximate surface area is 78.4 Å². The van der Waals surface area contributed by atoms with Crippen LogP contribution in [-0.4, -0.2) is 25.8 Å². The second-order valence-corrected chi connectivity index (χ2v) is 4.00. The number of carbonyl (C=O) groups excluding carboxylic acids is 1. The molecule has 0 N–H and O–H groups in total. The topological polar surface area (TPSA) is 35.5 Å². The molecule has 2 rings (SSSR count). The van der Waals surface area contributed by atoms with E-state index in [0.717, 1.165) is 0 Å². The molecule has 0 amide bonds. The molecule has 13 heavy (non-hydrogen) atoms. The molecule has 1 saturated carbocycles. The molecule has 0 aromatic heterocycles. The lowest BCUT2D eigenvalue weighted by atomic mass is 9.64. The highest BCUT2D eigenvalue weighted by Gasteiger charge is 2.54. The number of rotatable bonds is 3. The standard InChI is InChI=1S/C10H16O3/c1-2-13-9(11)10(6-12-7-10)8-4-3-5-8/h8H,2-7H2,1H3. The van der Waals surface area contributed by atoms with Crippen molar-refractivity contribution in [2.45, 2.75) is 26.2 Å². The first-order chi connectivity index (χ1) is 6.29. The monoisotopic (exact) mass is 184 g/mol. The predicted octanol–water partition coefficient (Wildman–Crippen LogP) is 1.37. The molecular formula is C10H16O3. The third-order valence-corrected chi connectivity index (χ3v) is 3.29. The van der Waals surface area contributed by atoms with Crippen molar-refractivity contribution >= 4 is 5.97 Å². The normalized spacial score (nSPS) is 25.9. The summed E-state index contributed by atoms with van der Waals surface area (Å²) in [5, 5.41) is 0. The highest BCUT2D eigenvalue weighted by atomic mass is 16.6. The maximum Gasteiger partial charge on any atom is 0.317 e. The van der Waals surface area contributed by atoms with Crippen LogP contribution in [-0.2, 0) is 14.3 Å². The molecule has 2 aliphatic rings. The second-order valence-electron chi connectivity index (χ2n) is 4.00. The van der Waals surface area contributed by atoms with Crippen molar-refractivity contribution in [1.29, 1.82) is 0 Å². The number of esters is 1. The van der Waals surface area contributed by atoms with Crippen molar-refractivity contribution in [3.63, 3.8) is 0 Å². The molecule has 0 spiro atoms. The molecule has 0 aromatic rings. The maximum atomic E-state index is 11.7. The summed E-state index contributed by atoms with van der Waals surface area (Å²) >= 11 is 0. The minimum absolute atomic E-state index is 0.0362. The fraction of sp³-hybridized carbons (Fsp3) is 0.900. The Morgan fingerprint density at radius 1 is 1.54 bits per heavy atom. The first-order valence-electron chi connectivity index (χ1n) is 5.04. The minimum atomic E-state index is -0.256. The maximum absolute atomic E-state index is 11.7. The summed E-state index contributed by atoms with van der Waals surface area (Å²) in [5.41, 5.74) is -0.256. The Balaban J connectivity index is 2.01. The molecule has 74 valence electrons. The van der Waals surface area contributed by atoms with Gasteiger partial charge in [0.05, 0.1) is 19.8 Å². The van der Waals surface area contributed by atoms with Crippen LogP contribution < -0.4 is 0 Å². The molecule has 1 heterocycles. The van der Waals surface area contributed by atoms with Crippen LogP contribution in [0.4, 0.5) is 0 Å². The number of hydrogen-bond acceptors (Lipinski definition) is 3. The largest absolute Gasteiger partial charge is 0.465 e. The molecule has 1 aliphatic heterocycles. The van der Waals surface area contributed by atoms with Crippen molar-refractivity contribution in [2.24, 2.45) is 11.3 Å². The van der Waals surface area contributed by atoms with Gasteiger partial charge in [0.1, 0.15) is 5.41 Å². The fourth-order valence-electron chi connectivity index (χ4n) is 2.08. The van der Waals surface area contributed by atoms with E-state index in [1.165, 1.54) is 19.3 Å². The van der Waals surface area contributed by atoms with Crippen LogP contribution >= 0.6 is 0 Å². The van der Waals surface area contributed by atoms with Gasteiger partial charge in [0.25, 0.3) is 0 Å². The SMILES string of the molecule is CCOC(=O)C1(C2CCC2)COC1. The Morgan fingerprint density at radius 2 is 2.23 bits per heavy atom. The molecule has 2 fully saturated rings. The van der Waals surface area contributed by atoms with Gasteiger partial charge in [-0.3, -0.25) is 4.79 Å². The van der Waals surface area contributed by atoms with Gasteiger partial charge in [-0.05, 0) is 25.7 Å². The van der Waals surface area contributed by atoms with Gasteiger partial charge < -0.3 is 9.47 Å². The van der Waals surface area contributed by atoms with E-state index in [2.05, 4.69) is 0 Å². The van der Waals surface area contributed by atoms with E-state index < -0.39 is 0 Å². The number of ether oxygens (including phenoxy) is 2. The van der Waals surface area contributed by atoms with Crippen molar-refractivity contribution < 1.29 is 14.3 Å². The molecular weight excluding hydrogens is 168 g/mol. The highest BCUT2D eigenvalue weighted by Crippen LogP contribution is 2.47. The summed E-state index contributed by atoms with van der Waals surface area (Å²) in [5.74, 6) is 0.492. The van der Waals surface area contributed by atoms with Crippen LogP contribution in [0.5, 0.6) is 0 Å². The van der Waals surface area contributed by atoms with Crippen LogP contribution in [0.3, 0.4) is 0 Å². The smallest absolute Gasteiger partial charge is 0.317 e. The molecule has 3 nitrogen and oxygen atoms in total. The van der Waals surface area contributed by atoms with Gasteiger partial charge in [0.2, 0.25) is 0 Å². The van der Waals surface area contributed by atoms with E-state index >= 15 is 0 Å². The number of hydrogen-bond donors (Lipinski definition) is 0. The predicted molar refractivity (Wildman–Crippen MR) is 47.2 cm³/mol. The van der Waals surface area contributed by atoms with Crippen LogP contribution in [0.25, 0.3) is 0 Å². The van der Waals surface area contributed by atoms with E-state index in [-0.39, 0.29) is 11.4 Å². The molecule has 0 atom stereocenters. The first-order valence-corrected chi connectivity index (χ1v) is 5.04. The molecule has 3 heteroatoms. The molecule has 0 bridgehead atoms. The second kappa shape index (κ2) is 3.29. The van der Waals surface area contributed by atoms with Crippen molar-refractivity contribution in [3.8, 4) is 0 Å². The molecule has 1 aliphatic carbocycles. The lowest BCUT2D eigenvalue weighted by Gasteiger charge is -2.48. The lowest BCUT2D eigenvalue weighted by molar-refractivity contribution is -0.204. The van der Waals surface area contributed by atoms with Gasteiger partial charge in [-0.2, -0.15) is 0 Å². The summed E-state index contributed by atoms with van der Waals surface area (Å²) in [6.45, 7) is 3.49. The van der Waals surface area contributed by atoms with E-state index in [4.69, 9.17) is 9.47 Å². The van der Waals surface area contributed by atoms with Gasteiger partial charge >= 0.3 is 5.97 Å². The zero-order valence-corrected chi connectivity index (χ0v) is 8.04. The lowest BCUT2D eigenvalue weighted by Crippen LogP contribution is -2.56. The van der Waals surface area contributed by atoms with Crippen LogP contribution in [0, 0.1) is 11.3 Å². The average molecular weight is 184 g/mol. The average Bonchev–Trinajstić information content (AvgIpc) is 1.92. The third-order valence-electron chi connectivity index (χ3n) is 3.29. The molecule has 0 unspecified atom stereocenters. The summed E-state index contributed by atoms with van der Waals surface area (Å²) in [6.07, 6.45) is 3.59. The molecule has 1 saturated heterocycles. The number of carbonyl (C=O) groups is 1. The highest BCUT2D eigenvalue weighted by molar-refractivity contribution is 5.78. The van der Waals surface area contributed by atoms with Gasteiger partial charge in [-0.1, -0.05) is 6.42 Å². The summed E-state index contributed by atoms with van der Waals surface area (Å²) in [6, 6.07) is 0. The van der Waals surface area contributed by atoms with Crippen LogP contribution in [0.2, 0.25) is 0 Å². The van der Waals surface area contributed by atoms with Crippen molar-refractivity contribution in [2.75, 3.05) is 19.8 Å². The van der Waals surface area contributed by atoms with Crippen LogP contribution in [0.15, 0.2) is 0 Å². The van der Waals surface area contributed by atoms with Gasteiger partial charge in [0.15, 0.2) is 0 Å². The Kier molecular flexibility index (Phi) is 2.28. The Bertz CT molecular complexity index is 204. The van der Waals surface area contributed by atoms with Crippen molar-refractivity contribution in [3.05, 3.63) is 0 Å². The summed E-state index contributed by atoms with van der Waals surface area (Å²) in [4.78, 5) is 11.7. The first kappa shape index (κ1) is 9.00. The van der Waals surface area contributed by atoms with Gasteiger partial charge in [-0.25, -0.2) is 0 Å². The van der Waals surface area contributed by atoms with Crippen molar-refractivity contribution in [1.82, 2.24) is 0 Å². The fourth-order valence-corrected chi connectivity index (χ4v) is 2.08. The zero-order valence-electron chi connectivity index (χ0n) is 8.04. The van der Waals surface area contributed by atoms with E-state index in [0.29, 0.717) is 25.7 Å². The van der Waals surface area contributed by atoms with E-state index in [1.54, 1.807) is 0 Å².